The van der Waals surface area contributed by atoms with E-state index in [2.05, 4.69) is 31.4 Å². The van der Waals surface area contributed by atoms with Crippen molar-refractivity contribution in [3.05, 3.63) is 66.2 Å². The summed E-state index contributed by atoms with van der Waals surface area (Å²) in [5.74, 6) is 2.12. The molecule has 0 aliphatic heterocycles. The minimum Gasteiger partial charge on any atom is -0.456 e. The summed E-state index contributed by atoms with van der Waals surface area (Å²) in [5.41, 5.74) is 2.30. The van der Waals surface area contributed by atoms with Crippen LogP contribution in [0.5, 0.6) is 0 Å². The third-order valence-electron chi connectivity index (χ3n) is 5.38. The number of nitrogens with one attached hydrogen (secondary N) is 2. The van der Waals surface area contributed by atoms with E-state index in [-0.39, 0.29) is 5.54 Å². The van der Waals surface area contributed by atoms with E-state index in [4.69, 9.17) is 14.7 Å². The second-order valence-electron chi connectivity index (χ2n) is 8.97. The molecule has 1 aliphatic carbocycles. The van der Waals surface area contributed by atoms with Gasteiger partial charge in [0, 0.05) is 22.9 Å². The van der Waals surface area contributed by atoms with Crippen LogP contribution in [-0.4, -0.2) is 22.0 Å². The molecule has 0 bridgehead atoms. The van der Waals surface area contributed by atoms with Gasteiger partial charge in [-0.15, -0.1) is 0 Å². The van der Waals surface area contributed by atoms with Gasteiger partial charge in [-0.25, -0.2) is 9.97 Å². The van der Waals surface area contributed by atoms with Crippen molar-refractivity contribution in [2.75, 3.05) is 10.6 Å². The highest BCUT2D eigenvalue weighted by molar-refractivity contribution is 5.65. The maximum Gasteiger partial charge on any atom is 0.293 e. The normalized spacial score (nSPS) is 14.9. The molecule has 31 heavy (non-hydrogen) atoms. The highest BCUT2D eigenvalue weighted by Crippen LogP contribution is 2.44. The second-order valence-corrected chi connectivity index (χ2v) is 8.97. The molecule has 0 radical (unpaired) electrons. The molecule has 6 heteroatoms. The fraction of sp³-hybridized carbons (Fsp3) is 0.320. The number of anilines is 3. The largest absolute Gasteiger partial charge is 0.456 e. The van der Waals surface area contributed by atoms with Gasteiger partial charge < -0.3 is 15.4 Å². The zero-order chi connectivity index (χ0) is 21.9. The van der Waals surface area contributed by atoms with Crippen LogP contribution >= 0.6 is 0 Å². The van der Waals surface area contributed by atoms with Gasteiger partial charge in [0.25, 0.3) is 6.47 Å². The molecule has 1 saturated carbocycles. The molecule has 0 spiro atoms. The number of nitrogens with zero attached hydrogens (tertiary/aromatic N) is 2. The third-order valence-corrected chi connectivity index (χ3v) is 5.38. The van der Waals surface area contributed by atoms with Crippen LogP contribution in [-0.2, 0) is 15.1 Å². The van der Waals surface area contributed by atoms with Crippen molar-refractivity contribution in [3.8, 4) is 11.4 Å². The molecule has 1 aliphatic rings. The smallest absolute Gasteiger partial charge is 0.293 e. The van der Waals surface area contributed by atoms with Crippen molar-refractivity contribution in [1.82, 2.24) is 9.97 Å². The molecule has 0 atom stereocenters. The molecule has 1 heterocycles. The summed E-state index contributed by atoms with van der Waals surface area (Å²) in [4.78, 5) is 20.3. The lowest BCUT2D eigenvalue weighted by Gasteiger charge is -2.40. The molecule has 0 unspecified atom stereocenters. The van der Waals surface area contributed by atoms with Gasteiger partial charge in [0.1, 0.15) is 17.2 Å². The number of rotatable bonds is 7. The number of benzene rings is 2. The molecule has 160 valence electrons. The first-order valence-electron chi connectivity index (χ1n) is 10.6. The molecule has 2 aromatic carbocycles. The van der Waals surface area contributed by atoms with Crippen LogP contribution in [0.2, 0.25) is 0 Å². The van der Waals surface area contributed by atoms with Crippen LogP contribution in [0.1, 0.15) is 45.6 Å². The Labute approximate surface area is 183 Å². The molecule has 0 amide bonds. The van der Waals surface area contributed by atoms with Gasteiger partial charge in [-0.3, -0.25) is 4.79 Å². The monoisotopic (exact) mass is 416 g/mol. The van der Waals surface area contributed by atoms with Crippen LogP contribution in [0, 0.1) is 0 Å². The summed E-state index contributed by atoms with van der Waals surface area (Å²) < 4.78 is 5.41. The average Bonchev–Trinajstić information content (AvgIpc) is 2.71. The Morgan fingerprint density at radius 3 is 2.23 bits per heavy atom. The number of carbonyl (C=O) groups excluding carboxylic acids is 1. The van der Waals surface area contributed by atoms with Gasteiger partial charge in [-0.1, -0.05) is 42.5 Å². The first kappa shape index (κ1) is 20.8. The summed E-state index contributed by atoms with van der Waals surface area (Å²) in [6, 6.07) is 19.9. The molecule has 3 aromatic rings. The fourth-order valence-corrected chi connectivity index (χ4v) is 3.75. The second kappa shape index (κ2) is 8.38. The Morgan fingerprint density at radius 2 is 1.65 bits per heavy atom. The van der Waals surface area contributed by atoms with E-state index in [1.54, 1.807) is 0 Å². The first-order chi connectivity index (χ1) is 14.9. The molecule has 2 N–H and O–H groups in total. The van der Waals surface area contributed by atoms with Crippen LogP contribution < -0.4 is 10.6 Å². The zero-order valence-corrected chi connectivity index (χ0v) is 18.2. The number of hydrogen-bond donors (Lipinski definition) is 2. The molecule has 1 aromatic heterocycles. The molecule has 0 saturated heterocycles. The van der Waals surface area contributed by atoms with Gasteiger partial charge in [-0.05, 0) is 57.7 Å². The fourth-order valence-electron chi connectivity index (χ4n) is 3.75. The third kappa shape index (κ3) is 4.85. The summed E-state index contributed by atoms with van der Waals surface area (Å²) in [5, 5.41) is 6.82. The van der Waals surface area contributed by atoms with E-state index in [0.29, 0.717) is 18.1 Å². The first-order valence-corrected chi connectivity index (χ1v) is 10.6. The average molecular weight is 417 g/mol. The lowest BCUT2D eigenvalue weighted by Crippen LogP contribution is -2.36. The Balaban J connectivity index is 1.61. The van der Waals surface area contributed by atoms with Crippen molar-refractivity contribution >= 4 is 23.8 Å². The SMILES string of the molecule is CC(C)(C)Nc1cc(Nc2ccc(C3(OC=O)CCC3)cc2)nc(-c2ccccc2)n1. The van der Waals surface area contributed by atoms with Crippen LogP contribution in [0.15, 0.2) is 60.7 Å². The van der Waals surface area contributed by atoms with E-state index in [1.165, 1.54) is 0 Å². The molecule has 1 fully saturated rings. The van der Waals surface area contributed by atoms with Gasteiger partial charge in [0.05, 0.1) is 0 Å². The number of ether oxygens (including phenoxy) is 1. The van der Waals surface area contributed by atoms with E-state index in [1.807, 2.05) is 60.7 Å². The van der Waals surface area contributed by atoms with Gasteiger partial charge in [0.15, 0.2) is 5.82 Å². The molecule has 4 rings (SSSR count). The van der Waals surface area contributed by atoms with Gasteiger partial charge >= 0.3 is 0 Å². The van der Waals surface area contributed by atoms with E-state index in [0.717, 1.165) is 41.9 Å². The molecular formula is C25H28N4O2. The lowest BCUT2D eigenvalue weighted by molar-refractivity contribution is -0.155. The van der Waals surface area contributed by atoms with E-state index < -0.39 is 5.60 Å². The molecule has 6 nitrogen and oxygen atoms in total. The van der Waals surface area contributed by atoms with E-state index in [9.17, 15) is 4.79 Å². The quantitative estimate of drug-likeness (QED) is 0.485. The predicted octanol–water partition coefficient (Wildman–Crippen LogP) is 5.65. The summed E-state index contributed by atoms with van der Waals surface area (Å²) >= 11 is 0. The Hall–Kier alpha value is -3.41. The zero-order valence-electron chi connectivity index (χ0n) is 18.2. The summed E-state index contributed by atoms with van der Waals surface area (Å²) in [6.07, 6.45) is 2.81. The number of hydrogen-bond acceptors (Lipinski definition) is 6. The van der Waals surface area contributed by atoms with Gasteiger partial charge in [-0.2, -0.15) is 0 Å². The Bertz CT molecular complexity index is 1040. The maximum absolute atomic E-state index is 10.9. The van der Waals surface area contributed by atoms with Crippen molar-refractivity contribution < 1.29 is 9.53 Å². The summed E-state index contributed by atoms with van der Waals surface area (Å²) in [6.45, 7) is 6.85. The topological polar surface area (TPSA) is 76.1 Å². The standard InChI is InChI=1S/C25H28N4O2/c1-24(2,3)29-22-16-21(27-23(28-22)18-8-5-4-6-9-18)26-20-12-10-19(11-13-20)25(31-17-30)14-7-15-25/h4-6,8-13,16-17H,7,14-15H2,1-3H3,(H2,26,27,28,29). The van der Waals surface area contributed by atoms with Crippen molar-refractivity contribution in [3.63, 3.8) is 0 Å². The van der Waals surface area contributed by atoms with E-state index >= 15 is 0 Å². The van der Waals surface area contributed by atoms with Gasteiger partial charge in [0.2, 0.25) is 0 Å². The summed E-state index contributed by atoms with van der Waals surface area (Å²) in [7, 11) is 0. The van der Waals surface area contributed by atoms with Crippen LogP contribution in [0.3, 0.4) is 0 Å². The minimum atomic E-state index is -0.459. The van der Waals surface area contributed by atoms with Crippen molar-refractivity contribution in [2.24, 2.45) is 0 Å². The molecular weight excluding hydrogens is 388 g/mol. The minimum absolute atomic E-state index is 0.128. The number of aromatic nitrogens is 2. The Kier molecular flexibility index (Phi) is 5.63. The van der Waals surface area contributed by atoms with Crippen LogP contribution in [0.4, 0.5) is 17.3 Å². The highest BCUT2D eigenvalue weighted by atomic mass is 16.5. The maximum atomic E-state index is 10.9. The van der Waals surface area contributed by atoms with Crippen molar-refractivity contribution in [1.29, 1.82) is 0 Å². The highest BCUT2D eigenvalue weighted by Gasteiger charge is 2.40. The predicted molar refractivity (Wildman–Crippen MR) is 123 cm³/mol. The lowest BCUT2D eigenvalue weighted by atomic mass is 9.75. The van der Waals surface area contributed by atoms with Crippen LogP contribution in [0.25, 0.3) is 11.4 Å². The van der Waals surface area contributed by atoms with Crippen molar-refractivity contribution in [2.45, 2.75) is 51.2 Å². The Morgan fingerprint density at radius 1 is 0.968 bits per heavy atom. The number of carbonyl (C=O) groups is 1.